The van der Waals surface area contributed by atoms with Gasteiger partial charge in [0.1, 0.15) is 0 Å². The molecule has 0 amide bonds. The maximum Gasteiger partial charge on any atom is 0.0243 e. The molecule has 0 saturated heterocycles. The van der Waals surface area contributed by atoms with Crippen LogP contribution < -0.4 is 0 Å². The van der Waals surface area contributed by atoms with E-state index in [1.54, 1.807) is 6.42 Å². The number of rotatable bonds is 2. The summed E-state index contributed by atoms with van der Waals surface area (Å²) in [5.41, 5.74) is 0.760. The fraction of sp³-hybridized carbons (Fsp3) is 1.00. The summed E-state index contributed by atoms with van der Waals surface area (Å²) in [6.45, 7) is 2.37. The lowest BCUT2D eigenvalue weighted by Gasteiger charge is -2.64. The quantitative estimate of drug-likeness (QED) is 0.422. The van der Waals surface area contributed by atoms with E-state index in [0.29, 0.717) is 6.84 Å². The highest BCUT2D eigenvalue weighted by Crippen LogP contribution is 2.69. The summed E-state index contributed by atoms with van der Waals surface area (Å²) in [4.78, 5) is 0. The second-order valence-corrected chi connectivity index (χ2v) is 11.1. The van der Waals surface area contributed by atoms with Crippen LogP contribution in [0.15, 0.2) is 0 Å². The summed E-state index contributed by atoms with van der Waals surface area (Å²) in [7, 11) is 0. The minimum Gasteiger partial charge on any atom is -0.0788 e. The maximum atomic E-state index is 2.82. The van der Waals surface area contributed by atoms with E-state index in [4.69, 9.17) is 0 Å². The Kier molecular flexibility index (Phi) is 2.68. The highest BCUT2D eigenvalue weighted by Gasteiger charge is 2.61. The van der Waals surface area contributed by atoms with Crippen LogP contribution in [0.3, 0.4) is 0 Å². The van der Waals surface area contributed by atoms with Crippen molar-refractivity contribution < 1.29 is 0 Å². The smallest absolute Gasteiger partial charge is 0.0243 e. The van der Waals surface area contributed by atoms with Crippen LogP contribution in [-0.2, 0) is 0 Å². The highest BCUT2D eigenvalue weighted by molar-refractivity contribution is 14.1. The molecular formula is C13H20I2. The Morgan fingerprint density at radius 2 is 1.60 bits per heavy atom. The number of hydrogen-bond donors (Lipinski definition) is 0. The van der Waals surface area contributed by atoms with Crippen molar-refractivity contribution in [1.82, 2.24) is 0 Å². The zero-order valence-electron chi connectivity index (χ0n) is 9.49. The molecule has 0 nitrogen and oxygen atoms in total. The van der Waals surface area contributed by atoms with Gasteiger partial charge in [0.2, 0.25) is 0 Å². The SMILES string of the molecule is CCCC12CC3CC(I)(CC(I)(C3)C1)C2. The van der Waals surface area contributed by atoms with E-state index in [-0.39, 0.29) is 0 Å². The zero-order valence-corrected chi connectivity index (χ0v) is 13.8. The first-order valence-electron chi connectivity index (χ1n) is 6.35. The second-order valence-electron chi connectivity index (χ2n) is 6.56. The van der Waals surface area contributed by atoms with Crippen molar-refractivity contribution in [2.75, 3.05) is 0 Å². The molecule has 4 aliphatic rings. The number of alkyl halides is 2. The fourth-order valence-corrected chi connectivity index (χ4v) is 10.3. The van der Waals surface area contributed by atoms with Crippen LogP contribution in [0, 0.1) is 11.3 Å². The predicted molar refractivity (Wildman–Crippen MR) is 82.0 cm³/mol. The van der Waals surface area contributed by atoms with Crippen LogP contribution in [0.5, 0.6) is 0 Å². The fourth-order valence-electron chi connectivity index (χ4n) is 5.21. The lowest BCUT2D eigenvalue weighted by atomic mass is 9.48. The molecule has 0 aliphatic heterocycles. The van der Waals surface area contributed by atoms with Crippen LogP contribution in [0.4, 0.5) is 0 Å². The molecule has 0 aromatic heterocycles. The topological polar surface area (TPSA) is 0 Å². The van der Waals surface area contributed by atoms with Crippen molar-refractivity contribution in [1.29, 1.82) is 0 Å². The highest BCUT2D eigenvalue weighted by atomic mass is 127. The van der Waals surface area contributed by atoms with Crippen molar-refractivity contribution in [3.8, 4) is 0 Å². The lowest BCUT2D eigenvalue weighted by Crippen LogP contribution is -2.58. The standard InChI is InChI=1S/C13H20I2/c1-2-3-11-4-10-5-12(14,7-11)9-13(15,6-10)8-11/h10H,2-9H2,1H3. The van der Waals surface area contributed by atoms with E-state index in [2.05, 4.69) is 52.1 Å². The van der Waals surface area contributed by atoms with Gasteiger partial charge in [0.25, 0.3) is 0 Å². The molecule has 2 heteroatoms. The number of hydrogen-bond acceptors (Lipinski definition) is 0. The summed E-state index contributed by atoms with van der Waals surface area (Å²) in [6.07, 6.45) is 12.1. The molecule has 2 atom stereocenters. The van der Waals surface area contributed by atoms with Crippen molar-refractivity contribution in [2.45, 2.75) is 65.1 Å². The monoisotopic (exact) mass is 430 g/mol. The third-order valence-corrected chi connectivity index (χ3v) is 7.23. The van der Waals surface area contributed by atoms with E-state index >= 15 is 0 Å². The van der Waals surface area contributed by atoms with E-state index in [9.17, 15) is 0 Å². The van der Waals surface area contributed by atoms with Crippen molar-refractivity contribution in [3.05, 3.63) is 0 Å². The molecule has 0 N–H and O–H groups in total. The van der Waals surface area contributed by atoms with Gasteiger partial charge >= 0.3 is 0 Å². The Labute approximate surface area is 121 Å². The normalized spacial score (nSPS) is 57.4. The first-order chi connectivity index (χ1) is 6.97. The predicted octanol–water partition coefficient (Wildman–Crippen LogP) is 5.12. The Bertz CT molecular complexity index is 268. The van der Waals surface area contributed by atoms with Gasteiger partial charge < -0.3 is 0 Å². The third-order valence-electron chi connectivity index (χ3n) is 4.83. The van der Waals surface area contributed by atoms with Crippen LogP contribution in [0.25, 0.3) is 0 Å². The van der Waals surface area contributed by atoms with Crippen LogP contribution >= 0.6 is 45.2 Å². The van der Waals surface area contributed by atoms with Gasteiger partial charge in [0.05, 0.1) is 0 Å². The molecule has 0 aromatic carbocycles. The third kappa shape index (κ3) is 1.89. The Morgan fingerprint density at radius 3 is 2.07 bits per heavy atom. The summed E-state index contributed by atoms with van der Waals surface area (Å²) in [6, 6.07) is 0. The molecule has 2 unspecified atom stereocenters. The van der Waals surface area contributed by atoms with E-state index in [1.165, 1.54) is 44.9 Å². The van der Waals surface area contributed by atoms with Crippen LogP contribution in [0.1, 0.15) is 58.3 Å². The first-order valence-corrected chi connectivity index (χ1v) is 8.50. The maximum absolute atomic E-state index is 2.82. The van der Waals surface area contributed by atoms with Gasteiger partial charge in [0, 0.05) is 6.84 Å². The zero-order chi connectivity index (χ0) is 10.7. The molecule has 0 heterocycles. The van der Waals surface area contributed by atoms with Crippen LogP contribution in [-0.4, -0.2) is 6.84 Å². The Morgan fingerprint density at radius 1 is 1.00 bits per heavy atom. The van der Waals surface area contributed by atoms with Gasteiger partial charge in [-0.15, -0.1) is 0 Å². The first kappa shape index (κ1) is 11.5. The van der Waals surface area contributed by atoms with E-state index in [0.717, 1.165) is 11.3 Å². The summed E-state index contributed by atoms with van der Waals surface area (Å²) < 4.78 is 1.38. The summed E-state index contributed by atoms with van der Waals surface area (Å²) in [5.74, 6) is 1.07. The molecule has 4 saturated carbocycles. The van der Waals surface area contributed by atoms with Gasteiger partial charge in [-0.25, -0.2) is 0 Å². The summed E-state index contributed by atoms with van der Waals surface area (Å²) in [5, 5.41) is 0. The molecular weight excluding hydrogens is 410 g/mol. The van der Waals surface area contributed by atoms with E-state index in [1.807, 2.05) is 0 Å². The molecule has 0 aromatic rings. The van der Waals surface area contributed by atoms with Crippen molar-refractivity contribution in [3.63, 3.8) is 0 Å². The molecule has 0 radical (unpaired) electrons. The van der Waals surface area contributed by atoms with Gasteiger partial charge in [-0.1, -0.05) is 58.5 Å². The Hall–Kier alpha value is 1.46. The largest absolute Gasteiger partial charge is 0.0788 e. The molecule has 4 bridgehead atoms. The molecule has 4 fully saturated rings. The van der Waals surface area contributed by atoms with E-state index < -0.39 is 0 Å². The average Bonchev–Trinajstić information content (AvgIpc) is 1.94. The molecule has 0 spiro atoms. The second kappa shape index (κ2) is 3.48. The molecule has 86 valence electrons. The number of halogens is 2. The van der Waals surface area contributed by atoms with Crippen LogP contribution in [0.2, 0.25) is 0 Å². The Balaban J connectivity index is 1.94. The average molecular weight is 430 g/mol. The molecule has 4 aliphatic carbocycles. The van der Waals surface area contributed by atoms with Gasteiger partial charge in [-0.2, -0.15) is 0 Å². The molecule has 4 rings (SSSR count). The van der Waals surface area contributed by atoms with Gasteiger partial charge in [-0.3, -0.25) is 0 Å². The van der Waals surface area contributed by atoms with Crippen molar-refractivity contribution in [2.24, 2.45) is 11.3 Å². The molecule has 15 heavy (non-hydrogen) atoms. The lowest BCUT2D eigenvalue weighted by molar-refractivity contribution is -0.0158. The minimum atomic E-state index is 0.688. The summed E-state index contributed by atoms with van der Waals surface area (Å²) >= 11 is 5.64. The van der Waals surface area contributed by atoms with Gasteiger partial charge in [0.15, 0.2) is 0 Å². The minimum absolute atomic E-state index is 0.688. The van der Waals surface area contributed by atoms with Crippen molar-refractivity contribution >= 4 is 45.2 Å². The van der Waals surface area contributed by atoms with Gasteiger partial charge in [-0.05, 0) is 56.3 Å².